The fourth-order valence-corrected chi connectivity index (χ4v) is 4.69. The Kier molecular flexibility index (Phi) is 8.26. The van der Waals surface area contributed by atoms with E-state index in [1.807, 2.05) is 66.9 Å². The number of imidazole rings is 1. The van der Waals surface area contributed by atoms with Crippen LogP contribution >= 0.6 is 0 Å². The van der Waals surface area contributed by atoms with Crippen LogP contribution in [-0.4, -0.2) is 32.3 Å². The van der Waals surface area contributed by atoms with Crippen LogP contribution in [-0.2, 0) is 22.6 Å². The Hall–Kier alpha value is -4.76. The number of hydrogen-bond acceptors (Lipinski definition) is 5. The molecule has 2 amide bonds. The lowest BCUT2D eigenvalue weighted by Gasteiger charge is -2.25. The van der Waals surface area contributed by atoms with Gasteiger partial charge in [0.05, 0.1) is 12.6 Å². The lowest BCUT2D eigenvalue weighted by atomic mass is 10.0. The maximum absolute atomic E-state index is 13.7. The number of amides is 2. The molecule has 0 aliphatic carbocycles. The van der Waals surface area contributed by atoms with Crippen LogP contribution in [0.25, 0.3) is 17.5 Å². The van der Waals surface area contributed by atoms with E-state index in [1.165, 1.54) is 12.1 Å². The summed E-state index contributed by atoms with van der Waals surface area (Å²) in [5.74, 6) is 0.782. The number of nitrogens with zero attached hydrogens (tertiary/aromatic N) is 3. The molecule has 4 N–H and O–H groups in total. The van der Waals surface area contributed by atoms with Gasteiger partial charge in [-0.3, -0.25) is 14.2 Å². The summed E-state index contributed by atoms with van der Waals surface area (Å²) in [5.41, 5.74) is 11.4. The number of benzene rings is 3. The Morgan fingerprint density at radius 1 is 0.976 bits per heavy atom. The van der Waals surface area contributed by atoms with Gasteiger partial charge in [0, 0.05) is 35.8 Å². The molecule has 0 spiro atoms. The van der Waals surface area contributed by atoms with E-state index in [0.717, 1.165) is 28.8 Å². The van der Waals surface area contributed by atoms with Crippen LogP contribution in [0, 0.1) is 12.7 Å². The molecule has 0 fully saturated rings. The Labute approximate surface area is 238 Å². The third kappa shape index (κ3) is 6.53. The fourth-order valence-electron chi connectivity index (χ4n) is 4.69. The summed E-state index contributed by atoms with van der Waals surface area (Å²) in [6.07, 6.45) is 5.09. The SMILES string of the molecule is CCCC(=O)Nc1ccc(CC(N)C(=O)N2C=Cn3c(nc(-c4ccc(F)cc4)c3Nc3ccc(C)cc3)C2)cc1. The molecule has 4 aromatic rings. The topological polar surface area (TPSA) is 105 Å². The van der Waals surface area contributed by atoms with Crippen LogP contribution in [0.3, 0.4) is 0 Å². The van der Waals surface area contributed by atoms with Crippen molar-refractivity contribution in [1.29, 1.82) is 0 Å². The second kappa shape index (κ2) is 12.2. The van der Waals surface area contributed by atoms with E-state index >= 15 is 0 Å². The molecule has 1 aromatic heterocycles. The molecule has 41 heavy (non-hydrogen) atoms. The Balaban J connectivity index is 1.33. The zero-order valence-corrected chi connectivity index (χ0v) is 23.1. The lowest BCUT2D eigenvalue weighted by molar-refractivity contribution is -0.130. The van der Waals surface area contributed by atoms with Gasteiger partial charge in [-0.2, -0.15) is 0 Å². The molecule has 210 valence electrons. The molecular weight excluding hydrogens is 519 g/mol. The number of rotatable bonds is 9. The van der Waals surface area contributed by atoms with E-state index in [1.54, 1.807) is 29.4 Å². The van der Waals surface area contributed by atoms with Crippen molar-refractivity contribution in [2.75, 3.05) is 10.6 Å². The zero-order valence-electron chi connectivity index (χ0n) is 23.1. The minimum atomic E-state index is -0.761. The standard InChI is InChI=1S/C32H33FN6O2/c1-3-4-29(40)35-25-15-7-22(8-16-25)19-27(34)32(41)38-17-18-39-28(20-38)37-30(23-9-11-24(33)12-10-23)31(39)36-26-13-5-21(2)6-14-26/h5-18,27,36H,3-4,19-20,34H2,1-2H3,(H,35,40). The minimum Gasteiger partial charge on any atom is -0.339 e. The summed E-state index contributed by atoms with van der Waals surface area (Å²) in [6.45, 7) is 4.21. The molecule has 0 saturated carbocycles. The number of anilines is 3. The van der Waals surface area contributed by atoms with Gasteiger partial charge >= 0.3 is 0 Å². The highest BCUT2D eigenvalue weighted by atomic mass is 19.1. The summed E-state index contributed by atoms with van der Waals surface area (Å²) in [7, 11) is 0. The number of aromatic nitrogens is 2. The predicted octanol–water partition coefficient (Wildman–Crippen LogP) is 5.82. The number of carbonyl (C=O) groups is 2. The van der Waals surface area contributed by atoms with Gasteiger partial charge in [-0.1, -0.05) is 36.8 Å². The fraction of sp³-hybridized carbons (Fsp3) is 0.219. The normalized spacial score (nSPS) is 13.0. The smallest absolute Gasteiger partial charge is 0.244 e. The Bertz CT molecular complexity index is 1560. The van der Waals surface area contributed by atoms with Crippen molar-refractivity contribution in [1.82, 2.24) is 14.5 Å². The first-order valence-electron chi connectivity index (χ1n) is 13.6. The summed E-state index contributed by atoms with van der Waals surface area (Å²) in [6, 6.07) is 20.8. The van der Waals surface area contributed by atoms with E-state index in [-0.39, 0.29) is 24.2 Å². The van der Waals surface area contributed by atoms with Gasteiger partial charge in [-0.05, 0) is 73.9 Å². The number of carbonyl (C=O) groups excluding carboxylic acids is 2. The number of nitrogens with one attached hydrogen (secondary N) is 2. The van der Waals surface area contributed by atoms with Crippen molar-refractivity contribution < 1.29 is 14.0 Å². The maximum atomic E-state index is 13.7. The third-order valence-electron chi connectivity index (χ3n) is 6.89. The summed E-state index contributed by atoms with van der Waals surface area (Å²) in [4.78, 5) is 31.6. The van der Waals surface area contributed by atoms with Crippen molar-refractivity contribution >= 4 is 35.2 Å². The summed E-state index contributed by atoms with van der Waals surface area (Å²) >= 11 is 0. The zero-order chi connectivity index (χ0) is 28.9. The molecular formula is C32H33FN6O2. The van der Waals surface area contributed by atoms with Gasteiger partial charge in [-0.25, -0.2) is 9.37 Å². The van der Waals surface area contributed by atoms with E-state index in [0.29, 0.717) is 35.9 Å². The predicted molar refractivity (Wildman–Crippen MR) is 160 cm³/mol. The van der Waals surface area contributed by atoms with Crippen LogP contribution in [0.2, 0.25) is 0 Å². The number of aryl methyl sites for hydroxylation is 1. The van der Waals surface area contributed by atoms with Crippen molar-refractivity contribution in [3.8, 4) is 11.3 Å². The first kappa shape index (κ1) is 27.8. The highest BCUT2D eigenvalue weighted by Crippen LogP contribution is 2.34. The third-order valence-corrected chi connectivity index (χ3v) is 6.89. The molecule has 1 aliphatic heterocycles. The van der Waals surface area contributed by atoms with Crippen molar-refractivity contribution in [2.24, 2.45) is 5.73 Å². The van der Waals surface area contributed by atoms with Gasteiger partial charge in [0.25, 0.3) is 0 Å². The van der Waals surface area contributed by atoms with Gasteiger partial charge in [0.2, 0.25) is 11.8 Å². The van der Waals surface area contributed by atoms with Crippen molar-refractivity contribution in [3.63, 3.8) is 0 Å². The van der Waals surface area contributed by atoms with E-state index in [4.69, 9.17) is 10.7 Å². The highest BCUT2D eigenvalue weighted by Gasteiger charge is 2.27. The molecule has 1 aliphatic rings. The molecule has 1 atom stereocenters. The van der Waals surface area contributed by atoms with Crippen molar-refractivity contribution in [2.45, 2.75) is 45.7 Å². The van der Waals surface area contributed by atoms with Gasteiger partial charge in [0.15, 0.2) is 0 Å². The number of hydrogen-bond donors (Lipinski definition) is 3. The molecule has 0 bridgehead atoms. The number of halogens is 1. The van der Waals surface area contributed by atoms with Gasteiger partial charge < -0.3 is 21.3 Å². The van der Waals surface area contributed by atoms with Crippen LogP contribution < -0.4 is 16.4 Å². The Morgan fingerprint density at radius 2 is 1.66 bits per heavy atom. The van der Waals surface area contributed by atoms with Gasteiger partial charge in [0.1, 0.15) is 23.2 Å². The monoisotopic (exact) mass is 552 g/mol. The molecule has 3 aromatic carbocycles. The molecule has 0 radical (unpaired) electrons. The van der Waals surface area contributed by atoms with Crippen LogP contribution in [0.5, 0.6) is 0 Å². The molecule has 5 rings (SSSR count). The van der Waals surface area contributed by atoms with E-state index in [9.17, 15) is 14.0 Å². The molecule has 0 saturated heterocycles. The van der Waals surface area contributed by atoms with E-state index in [2.05, 4.69) is 10.6 Å². The average Bonchev–Trinajstić information content (AvgIpc) is 3.32. The van der Waals surface area contributed by atoms with Crippen LogP contribution in [0.4, 0.5) is 21.6 Å². The van der Waals surface area contributed by atoms with Crippen LogP contribution in [0.1, 0.15) is 36.7 Å². The molecule has 1 unspecified atom stereocenters. The lowest BCUT2D eigenvalue weighted by Crippen LogP contribution is -2.43. The maximum Gasteiger partial charge on any atom is 0.244 e. The average molecular weight is 553 g/mol. The number of nitrogens with two attached hydrogens (primary N) is 1. The first-order chi connectivity index (χ1) is 19.8. The van der Waals surface area contributed by atoms with Gasteiger partial charge in [-0.15, -0.1) is 0 Å². The summed E-state index contributed by atoms with van der Waals surface area (Å²) in [5, 5.41) is 6.30. The second-order valence-corrected chi connectivity index (χ2v) is 10.2. The minimum absolute atomic E-state index is 0.0258. The Morgan fingerprint density at radius 3 is 2.34 bits per heavy atom. The first-order valence-corrected chi connectivity index (χ1v) is 13.6. The molecule has 2 heterocycles. The van der Waals surface area contributed by atoms with Crippen LogP contribution in [0.15, 0.2) is 79.0 Å². The summed E-state index contributed by atoms with van der Waals surface area (Å²) < 4.78 is 15.6. The quantitative estimate of drug-likeness (QED) is 0.243. The molecule has 9 heteroatoms. The largest absolute Gasteiger partial charge is 0.339 e. The second-order valence-electron chi connectivity index (χ2n) is 10.2. The molecule has 8 nitrogen and oxygen atoms in total. The van der Waals surface area contributed by atoms with Crippen molar-refractivity contribution in [3.05, 3.63) is 102 Å². The van der Waals surface area contributed by atoms with E-state index < -0.39 is 6.04 Å². The highest BCUT2D eigenvalue weighted by molar-refractivity contribution is 5.90. The number of fused-ring (bicyclic) bond motifs is 1.